The van der Waals surface area contributed by atoms with Gasteiger partial charge in [-0.3, -0.25) is 4.90 Å². The molecule has 0 spiro atoms. The molecule has 0 saturated carbocycles. The molecule has 0 aromatic heterocycles. The summed E-state index contributed by atoms with van der Waals surface area (Å²) < 4.78 is 37.9. The second-order valence-electron chi connectivity index (χ2n) is 10.8. The van der Waals surface area contributed by atoms with Crippen LogP contribution >= 0.6 is 0 Å². The van der Waals surface area contributed by atoms with Gasteiger partial charge in [-0.25, -0.2) is 8.42 Å². The van der Waals surface area contributed by atoms with Crippen LogP contribution in [0.25, 0.3) is 11.1 Å². The van der Waals surface area contributed by atoms with Crippen molar-refractivity contribution in [3.05, 3.63) is 77.4 Å². The summed E-state index contributed by atoms with van der Waals surface area (Å²) in [7, 11) is -3.77. The SMILES string of the molecule is CC1=C(c2cccc(O)c2)C(c2ccc(OC[C@H](C)N3CC[C@@H](C)C3)cc2)Oc2ccc(O)c(S(C)(=O)=O)c21. The molecule has 2 N–H and O–H groups in total. The number of aromatic hydroxyl groups is 2. The van der Waals surface area contributed by atoms with Crippen molar-refractivity contribution in [2.45, 2.75) is 44.2 Å². The lowest BCUT2D eigenvalue weighted by Crippen LogP contribution is -2.35. The third-order valence-electron chi connectivity index (χ3n) is 7.67. The zero-order valence-corrected chi connectivity index (χ0v) is 23.5. The molecule has 3 aromatic rings. The summed E-state index contributed by atoms with van der Waals surface area (Å²) in [5.74, 6) is 1.61. The normalized spacial score (nSPS) is 20.4. The number of nitrogens with zero attached hydrogens (tertiary/aromatic N) is 1. The average molecular weight is 550 g/mol. The van der Waals surface area contributed by atoms with Crippen molar-refractivity contribution >= 4 is 21.0 Å². The molecular formula is C31H35NO6S. The highest BCUT2D eigenvalue weighted by Crippen LogP contribution is 2.50. The number of sulfone groups is 1. The summed E-state index contributed by atoms with van der Waals surface area (Å²) in [6.07, 6.45) is 1.72. The smallest absolute Gasteiger partial charge is 0.179 e. The van der Waals surface area contributed by atoms with Gasteiger partial charge in [0.05, 0.1) is 0 Å². The van der Waals surface area contributed by atoms with Crippen LogP contribution in [0.2, 0.25) is 0 Å². The number of benzene rings is 3. The minimum absolute atomic E-state index is 0.0851. The Morgan fingerprint density at radius 3 is 2.49 bits per heavy atom. The molecule has 0 amide bonds. The van der Waals surface area contributed by atoms with Crippen molar-refractivity contribution in [2.24, 2.45) is 5.92 Å². The van der Waals surface area contributed by atoms with E-state index in [0.29, 0.717) is 40.7 Å². The Kier molecular flexibility index (Phi) is 7.35. The van der Waals surface area contributed by atoms with Gasteiger partial charge in [0.2, 0.25) is 0 Å². The highest BCUT2D eigenvalue weighted by molar-refractivity contribution is 7.90. The molecule has 7 nitrogen and oxygen atoms in total. The topological polar surface area (TPSA) is 96.3 Å². The quantitative estimate of drug-likeness (QED) is 0.392. The van der Waals surface area contributed by atoms with Crippen molar-refractivity contribution in [1.29, 1.82) is 0 Å². The van der Waals surface area contributed by atoms with E-state index in [2.05, 4.69) is 18.7 Å². The number of ether oxygens (including phenoxy) is 2. The molecule has 2 aliphatic heterocycles. The van der Waals surface area contributed by atoms with E-state index in [9.17, 15) is 18.6 Å². The monoisotopic (exact) mass is 549 g/mol. The standard InChI is InChI=1S/C31H35NO6S/c1-19-14-15-32(17-19)20(2)18-37-25-10-8-22(9-11-25)30-28(23-6-5-7-24(33)16-23)21(3)29-27(38-30)13-12-26(34)31(29)39(4,35)36/h5-13,16,19-20,30,33-34H,14-15,17-18H2,1-4H3/t19-,20+,30?/m1/s1. The zero-order valence-electron chi connectivity index (χ0n) is 22.7. The first kappa shape index (κ1) is 27.1. The molecular weight excluding hydrogens is 514 g/mol. The summed E-state index contributed by atoms with van der Waals surface area (Å²) in [5, 5.41) is 20.7. The van der Waals surface area contributed by atoms with E-state index in [-0.39, 0.29) is 16.4 Å². The second-order valence-corrected chi connectivity index (χ2v) is 12.7. The number of fused-ring (bicyclic) bond motifs is 1. The lowest BCUT2D eigenvalue weighted by molar-refractivity contribution is 0.169. The largest absolute Gasteiger partial charge is 0.508 e. The molecule has 1 saturated heterocycles. The van der Waals surface area contributed by atoms with Crippen LogP contribution in [0, 0.1) is 5.92 Å². The molecule has 3 aromatic carbocycles. The van der Waals surface area contributed by atoms with Crippen LogP contribution in [0.1, 0.15) is 50.0 Å². The molecule has 1 unspecified atom stereocenters. The summed E-state index contributed by atoms with van der Waals surface area (Å²) in [4.78, 5) is 2.29. The van der Waals surface area contributed by atoms with E-state index in [4.69, 9.17) is 9.47 Å². The van der Waals surface area contributed by atoms with E-state index < -0.39 is 15.9 Å². The molecule has 3 atom stereocenters. The van der Waals surface area contributed by atoms with Crippen molar-refractivity contribution in [3.63, 3.8) is 0 Å². The number of likely N-dealkylation sites (tertiary alicyclic amines) is 1. The van der Waals surface area contributed by atoms with E-state index in [1.165, 1.54) is 12.5 Å². The Morgan fingerprint density at radius 2 is 1.85 bits per heavy atom. The zero-order chi connectivity index (χ0) is 27.9. The van der Waals surface area contributed by atoms with Gasteiger partial charge < -0.3 is 19.7 Å². The average Bonchev–Trinajstić information content (AvgIpc) is 3.33. The Bertz CT molecular complexity index is 1510. The number of allylic oxidation sites excluding steroid dienone is 1. The predicted molar refractivity (Wildman–Crippen MR) is 152 cm³/mol. The summed E-state index contributed by atoms with van der Waals surface area (Å²) in [5.41, 5.74) is 3.23. The van der Waals surface area contributed by atoms with Gasteiger partial charge >= 0.3 is 0 Å². The molecule has 2 heterocycles. The van der Waals surface area contributed by atoms with Gasteiger partial charge in [0.15, 0.2) is 9.84 Å². The Balaban J connectivity index is 1.50. The van der Waals surface area contributed by atoms with Crippen LogP contribution in [0.15, 0.2) is 65.6 Å². The van der Waals surface area contributed by atoms with Gasteiger partial charge in [-0.05, 0) is 85.8 Å². The first-order chi connectivity index (χ1) is 18.5. The highest BCUT2D eigenvalue weighted by atomic mass is 32.2. The van der Waals surface area contributed by atoms with E-state index in [1.54, 1.807) is 24.3 Å². The van der Waals surface area contributed by atoms with Gasteiger partial charge in [0.25, 0.3) is 0 Å². The van der Waals surface area contributed by atoms with Crippen LogP contribution in [0.4, 0.5) is 0 Å². The molecule has 5 rings (SSSR count). The fraction of sp³-hybridized carbons (Fsp3) is 0.355. The maximum Gasteiger partial charge on any atom is 0.179 e. The van der Waals surface area contributed by atoms with Crippen molar-refractivity contribution < 1.29 is 28.1 Å². The van der Waals surface area contributed by atoms with E-state index >= 15 is 0 Å². The molecule has 0 radical (unpaired) electrons. The summed E-state index contributed by atoms with van der Waals surface area (Å²) >= 11 is 0. The third-order valence-corrected chi connectivity index (χ3v) is 8.82. The number of hydrogen-bond acceptors (Lipinski definition) is 7. The molecule has 206 valence electrons. The molecule has 1 fully saturated rings. The van der Waals surface area contributed by atoms with Gasteiger partial charge in [0.1, 0.15) is 40.6 Å². The van der Waals surface area contributed by atoms with E-state index in [0.717, 1.165) is 36.6 Å². The Labute approximate surface area is 230 Å². The van der Waals surface area contributed by atoms with Crippen LogP contribution < -0.4 is 9.47 Å². The summed E-state index contributed by atoms with van der Waals surface area (Å²) in [6, 6.07) is 17.8. The van der Waals surface area contributed by atoms with Crippen molar-refractivity contribution in [3.8, 4) is 23.0 Å². The van der Waals surface area contributed by atoms with E-state index in [1.807, 2.05) is 37.3 Å². The molecule has 0 aliphatic carbocycles. The fourth-order valence-corrected chi connectivity index (χ4v) is 6.68. The molecule has 8 heteroatoms. The Hall–Kier alpha value is -3.49. The molecule has 0 bridgehead atoms. The minimum atomic E-state index is -3.77. The van der Waals surface area contributed by atoms with Gasteiger partial charge in [-0.1, -0.05) is 31.2 Å². The van der Waals surface area contributed by atoms with Crippen molar-refractivity contribution in [1.82, 2.24) is 4.90 Å². The minimum Gasteiger partial charge on any atom is -0.508 e. The predicted octanol–water partition coefficient (Wildman–Crippen LogP) is 5.67. The van der Waals surface area contributed by atoms with Crippen molar-refractivity contribution in [2.75, 3.05) is 26.0 Å². The van der Waals surface area contributed by atoms with Gasteiger partial charge in [-0.15, -0.1) is 0 Å². The molecule has 2 aliphatic rings. The second kappa shape index (κ2) is 10.6. The van der Waals surface area contributed by atoms with Gasteiger partial charge in [0, 0.05) is 30.0 Å². The number of phenolic OH excluding ortho intramolecular Hbond substituents is 2. The number of rotatable bonds is 7. The van der Waals surface area contributed by atoms with Crippen LogP contribution in [-0.2, 0) is 9.84 Å². The summed E-state index contributed by atoms with van der Waals surface area (Å²) in [6.45, 7) is 9.10. The highest BCUT2D eigenvalue weighted by Gasteiger charge is 2.34. The molecule has 39 heavy (non-hydrogen) atoms. The maximum atomic E-state index is 12.7. The number of phenols is 2. The van der Waals surface area contributed by atoms with Gasteiger partial charge in [-0.2, -0.15) is 0 Å². The van der Waals surface area contributed by atoms with Crippen LogP contribution in [-0.4, -0.2) is 55.5 Å². The van der Waals surface area contributed by atoms with Crippen LogP contribution in [0.3, 0.4) is 0 Å². The maximum absolute atomic E-state index is 12.7. The fourth-order valence-electron chi connectivity index (χ4n) is 5.61. The number of hydrogen-bond donors (Lipinski definition) is 2. The third kappa shape index (κ3) is 5.49. The Morgan fingerprint density at radius 1 is 1.10 bits per heavy atom. The van der Waals surface area contributed by atoms with Crippen LogP contribution in [0.5, 0.6) is 23.0 Å². The lowest BCUT2D eigenvalue weighted by atomic mass is 9.86. The first-order valence-corrected chi connectivity index (χ1v) is 15.1. The first-order valence-electron chi connectivity index (χ1n) is 13.2. The lowest BCUT2D eigenvalue weighted by Gasteiger charge is -2.32.